The summed E-state index contributed by atoms with van der Waals surface area (Å²) in [6, 6.07) is 13.3. The Morgan fingerprint density at radius 1 is 1.04 bits per heavy atom. The largest absolute Gasteiger partial charge is 0.505 e. The second kappa shape index (κ2) is 4.54. The zero-order valence-corrected chi connectivity index (χ0v) is 11.7. The Hall–Kier alpha value is -3.41. The molecule has 1 aliphatic rings. The molecular formula is C17H10N2O4. The number of fused-ring (bicyclic) bond motifs is 2. The highest BCUT2D eigenvalue weighted by Gasteiger charge is 2.33. The van der Waals surface area contributed by atoms with E-state index < -0.39 is 11.9 Å². The number of aliphatic imine (C=N–C) groups is 1. The number of nitrogens with zero attached hydrogens (tertiary/aromatic N) is 2. The molecule has 3 aromatic rings. The lowest BCUT2D eigenvalue weighted by atomic mass is 10.1. The molecule has 0 aliphatic carbocycles. The van der Waals surface area contributed by atoms with Crippen LogP contribution in [0.15, 0.2) is 53.5 Å². The van der Waals surface area contributed by atoms with Gasteiger partial charge in [0.15, 0.2) is 5.75 Å². The highest BCUT2D eigenvalue weighted by Crippen LogP contribution is 2.37. The fraction of sp³-hybridized carbons (Fsp3) is 0. The maximum Gasteiger partial charge on any atom is 0.416 e. The van der Waals surface area contributed by atoms with Gasteiger partial charge in [0.05, 0.1) is 11.2 Å². The van der Waals surface area contributed by atoms with Crippen molar-refractivity contribution in [3.05, 3.63) is 59.8 Å². The second-order valence-corrected chi connectivity index (χ2v) is 5.14. The first kappa shape index (κ1) is 13.3. The van der Waals surface area contributed by atoms with Gasteiger partial charge in [-0.1, -0.05) is 24.3 Å². The van der Waals surface area contributed by atoms with Crippen LogP contribution in [0.1, 0.15) is 16.1 Å². The molecule has 1 aromatic heterocycles. The number of ketones is 1. The summed E-state index contributed by atoms with van der Waals surface area (Å²) in [5, 5.41) is 20.3. The summed E-state index contributed by atoms with van der Waals surface area (Å²) < 4.78 is 0.896. The van der Waals surface area contributed by atoms with Crippen LogP contribution in [0.5, 0.6) is 5.75 Å². The molecule has 0 unspecified atom stereocenters. The first-order valence-electron chi connectivity index (χ1n) is 6.88. The zero-order chi connectivity index (χ0) is 16.1. The van der Waals surface area contributed by atoms with Gasteiger partial charge in [0.1, 0.15) is 11.4 Å². The molecule has 0 bridgehead atoms. The first-order chi connectivity index (χ1) is 11.1. The van der Waals surface area contributed by atoms with Gasteiger partial charge < -0.3 is 10.2 Å². The molecule has 0 saturated carbocycles. The van der Waals surface area contributed by atoms with Crippen LogP contribution in [0.2, 0.25) is 0 Å². The third kappa shape index (κ3) is 1.72. The van der Waals surface area contributed by atoms with Crippen molar-refractivity contribution in [3.63, 3.8) is 0 Å². The molecule has 6 heteroatoms. The standard InChI is InChI=1S/C17H10N2O4/c20-15-9-5-1-3-7-11(9)18-13(15)14-16(21)10-6-2-4-8-12(10)19(14)17(22)23/h1-8,21H,(H,22,23). The quantitative estimate of drug-likeness (QED) is 0.722. The normalized spacial score (nSPS) is 13.2. The van der Waals surface area contributed by atoms with Gasteiger partial charge in [-0.3, -0.25) is 4.79 Å². The molecule has 2 heterocycles. The molecule has 0 fully saturated rings. The van der Waals surface area contributed by atoms with Gasteiger partial charge in [0.2, 0.25) is 5.78 Å². The Balaban J connectivity index is 2.05. The van der Waals surface area contributed by atoms with Crippen LogP contribution in [0.3, 0.4) is 0 Å². The molecule has 112 valence electrons. The summed E-state index contributed by atoms with van der Waals surface area (Å²) in [6.45, 7) is 0. The molecule has 0 spiro atoms. The zero-order valence-electron chi connectivity index (χ0n) is 11.7. The van der Waals surface area contributed by atoms with Crippen LogP contribution in [0.4, 0.5) is 10.5 Å². The third-order valence-electron chi connectivity index (χ3n) is 3.86. The van der Waals surface area contributed by atoms with Crippen molar-refractivity contribution in [2.75, 3.05) is 0 Å². The van der Waals surface area contributed by atoms with Crippen LogP contribution < -0.4 is 0 Å². The summed E-state index contributed by atoms with van der Waals surface area (Å²) in [5.41, 5.74) is 0.999. The Morgan fingerprint density at radius 2 is 1.74 bits per heavy atom. The molecule has 23 heavy (non-hydrogen) atoms. The third-order valence-corrected chi connectivity index (χ3v) is 3.86. The molecule has 2 aromatic carbocycles. The molecule has 1 aliphatic heterocycles. The number of carbonyl (C=O) groups is 2. The lowest BCUT2D eigenvalue weighted by Gasteiger charge is -2.04. The summed E-state index contributed by atoms with van der Waals surface area (Å²) >= 11 is 0. The van der Waals surface area contributed by atoms with E-state index in [1.54, 1.807) is 48.5 Å². The first-order valence-corrected chi connectivity index (χ1v) is 6.88. The number of aromatic hydroxyl groups is 1. The van der Waals surface area contributed by atoms with Crippen LogP contribution in [-0.2, 0) is 0 Å². The van der Waals surface area contributed by atoms with E-state index in [0.29, 0.717) is 22.2 Å². The van der Waals surface area contributed by atoms with Crippen molar-refractivity contribution in [2.24, 2.45) is 4.99 Å². The van der Waals surface area contributed by atoms with E-state index >= 15 is 0 Å². The minimum absolute atomic E-state index is 0.0673. The number of carboxylic acid groups (broad SMARTS) is 1. The van der Waals surface area contributed by atoms with E-state index in [4.69, 9.17) is 0 Å². The molecule has 0 atom stereocenters. The fourth-order valence-electron chi connectivity index (χ4n) is 2.86. The number of Topliss-reactive ketones (excluding diaryl/α,β-unsaturated/α-hetero) is 1. The van der Waals surface area contributed by atoms with Crippen LogP contribution in [-0.4, -0.2) is 32.4 Å². The van der Waals surface area contributed by atoms with Crippen molar-refractivity contribution in [1.82, 2.24) is 4.57 Å². The van der Waals surface area contributed by atoms with Gasteiger partial charge >= 0.3 is 6.09 Å². The minimum atomic E-state index is -1.29. The van der Waals surface area contributed by atoms with E-state index in [0.717, 1.165) is 4.57 Å². The summed E-state index contributed by atoms with van der Waals surface area (Å²) in [4.78, 5) is 28.4. The molecule has 2 N–H and O–H groups in total. The summed E-state index contributed by atoms with van der Waals surface area (Å²) in [7, 11) is 0. The minimum Gasteiger partial charge on any atom is -0.505 e. The van der Waals surface area contributed by atoms with E-state index in [-0.39, 0.29) is 17.2 Å². The Kier molecular flexibility index (Phi) is 2.62. The van der Waals surface area contributed by atoms with Crippen LogP contribution in [0.25, 0.3) is 10.9 Å². The van der Waals surface area contributed by atoms with Gasteiger partial charge in [-0.25, -0.2) is 14.4 Å². The summed E-state index contributed by atoms with van der Waals surface area (Å²) in [5.74, 6) is -0.663. The summed E-state index contributed by atoms with van der Waals surface area (Å²) in [6.07, 6.45) is -1.29. The average Bonchev–Trinajstić information content (AvgIpc) is 3.03. The number of hydrogen-bond donors (Lipinski definition) is 2. The van der Waals surface area contributed by atoms with Crippen molar-refractivity contribution in [2.45, 2.75) is 0 Å². The van der Waals surface area contributed by atoms with Crippen molar-refractivity contribution in [3.8, 4) is 5.75 Å². The van der Waals surface area contributed by atoms with E-state index in [9.17, 15) is 19.8 Å². The number of aromatic nitrogens is 1. The second-order valence-electron chi connectivity index (χ2n) is 5.14. The highest BCUT2D eigenvalue weighted by molar-refractivity contribution is 6.55. The number of para-hydroxylation sites is 2. The average molecular weight is 306 g/mol. The van der Waals surface area contributed by atoms with E-state index in [1.807, 2.05) is 0 Å². The van der Waals surface area contributed by atoms with Gasteiger partial charge in [-0.15, -0.1) is 0 Å². The van der Waals surface area contributed by atoms with Gasteiger partial charge in [0, 0.05) is 10.9 Å². The maximum atomic E-state index is 12.6. The van der Waals surface area contributed by atoms with E-state index in [2.05, 4.69) is 4.99 Å². The monoisotopic (exact) mass is 306 g/mol. The van der Waals surface area contributed by atoms with Gasteiger partial charge in [-0.2, -0.15) is 0 Å². The Labute approximate surface area is 129 Å². The molecule has 0 radical (unpaired) electrons. The molecule has 6 nitrogen and oxygen atoms in total. The lowest BCUT2D eigenvalue weighted by molar-refractivity contribution is 0.106. The van der Waals surface area contributed by atoms with Gasteiger partial charge in [-0.05, 0) is 24.3 Å². The molecular weight excluding hydrogens is 296 g/mol. The number of rotatable bonds is 1. The molecule has 4 rings (SSSR count). The molecule has 0 saturated heterocycles. The SMILES string of the molecule is O=C1C(c2c(O)c3ccccc3n2C(=O)O)=Nc2ccccc21. The van der Waals surface area contributed by atoms with Crippen molar-refractivity contribution in [1.29, 1.82) is 0 Å². The Bertz CT molecular complexity index is 1030. The van der Waals surface area contributed by atoms with Crippen molar-refractivity contribution >= 4 is 34.2 Å². The smallest absolute Gasteiger partial charge is 0.416 e. The predicted molar refractivity (Wildman–Crippen MR) is 84.0 cm³/mol. The van der Waals surface area contributed by atoms with Crippen LogP contribution in [0, 0.1) is 0 Å². The fourth-order valence-corrected chi connectivity index (χ4v) is 2.86. The number of carbonyl (C=O) groups excluding carboxylic acids is 1. The topological polar surface area (TPSA) is 91.9 Å². The molecule has 0 amide bonds. The van der Waals surface area contributed by atoms with Crippen molar-refractivity contribution < 1.29 is 19.8 Å². The van der Waals surface area contributed by atoms with Gasteiger partial charge in [0.25, 0.3) is 0 Å². The number of hydrogen-bond acceptors (Lipinski definition) is 4. The lowest BCUT2D eigenvalue weighted by Crippen LogP contribution is -2.20. The van der Waals surface area contributed by atoms with Crippen LogP contribution >= 0.6 is 0 Å². The Morgan fingerprint density at radius 3 is 2.48 bits per heavy atom. The highest BCUT2D eigenvalue weighted by atomic mass is 16.4. The maximum absolute atomic E-state index is 12.6. The van der Waals surface area contributed by atoms with E-state index in [1.165, 1.54) is 0 Å². The predicted octanol–water partition coefficient (Wildman–Crippen LogP) is 3.19. The number of benzene rings is 2.